The number of ether oxygens (including phenoxy) is 2. The zero-order chi connectivity index (χ0) is 24.7. The summed E-state index contributed by atoms with van der Waals surface area (Å²) in [5.74, 6) is -1.18. The third-order valence-corrected chi connectivity index (χ3v) is 5.26. The second-order valence-corrected chi connectivity index (χ2v) is 7.74. The highest BCUT2D eigenvalue weighted by molar-refractivity contribution is 6.40. The molecular formula is C25H23ClFN3O4. The number of amides is 2. The van der Waals surface area contributed by atoms with Gasteiger partial charge in [-0.05, 0) is 67.4 Å². The maximum atomic E-state index is 13.0. The monoisotopic (exact) mass is 483 g/mol. The molecule has 0 fully saturated rings. The Labute approximate surface area is 201 Å². The van der Waals surface area contributed by atoms with Crippen LogP contribution in [-0.2, 0) is 16.2 Å². The summed E-state index contributed by atoms with van der Waals surface area (Å²) in [6.07, 6.45) is 0. The number of methoxy groups -OCH3 is 1. The van der Waals surface area contributed by atoms with E-state index in [0.29, 0.717) is 33.5 Å². The molecule has 2 N–H and O–H groups in total. The van der Waals surface area contributed by atoms with Crippen LogP contribution in [0, 0.1) is 12.7 Å². The van der Waals surface area contributed by atoms with Gasteiger partial charge in [-0.15, -0.1) is 0 Å². The summed E-state index contributed by atoms with van der Waals surface area (Å²) in [5.41, 5.74) is 5.39. The summed E-state index contributed by atoms with van der Waals surface area (Å²) >= 11 is 6.03. The van der Waals surface area contributed by atoms with E-state index in [1.165, 1.54) is 19.2 Å². The number of nitrogens with zero attached hydrogens (tertiary/aromatic N) is 1. The van der Waals surface area contributed by atoms with Crippen molar-refractivity contribution in [3.8, 4) is 11.5 Å². The molecule has 2 amide bonds. The van der Waals surface area contributed by atoms with Gasteiger partial charge < -0.3 is 14.8 Å². The Bertz CT molecular complexity index is 1230. The highest BCUT2D eigenvalue weighted by Crippen LogP contribution is 2.29. The van der Waals surface area contributed by atoms with Crippen LogP contribution < -0.4 is 20.2 Å². The minimum Gasteiger partial charge on any atom is -0.493 e. The van der Waals surface area contributed by atoms with Crippen molar-refractivity contribution in [2.24, 2.45) is 5.10 Å². The third-order valence-electron chi connectivity index (χ3n) is 4.85. The molecule has 7 nitrogen and oxygen atoms in total. The number of hydrogen-bond acceptors (Lipinski definition) is 5. The molecule has 3 aromatic rings. The lowest BCUT2D eigenvalue weighted by Crippen LogP contribution is -2.32. The number of halogens is 2. The summed E-state index contributed by atoms with van der Waals surface area (Å²) in [4.78, 5) is 24.2. The van der Waals surface area contributed by atoms with Crippen molar-refractivity contribution in [3.05, 3.63) is 88.2 Å². The fourth-order valence-electron chi connectivity index (χ4n) is 2.86. The van der Waals surface area contributed by atoms with Crippen molar-refractivity contribution < 1.29 is 23.5 Å². The van der Waals surface area contributed by atoms with E-state index >= 15 is 0 Å². The zero-order valence-corrected chi connectivity index (χ0v) is 19.6. The molecule has 0 spiro atoms. The Balaban J connectivity index is 1.62. The number of benzene rings is 3. The molecule has 0 saturated heterocycles. The predicted molar refractivity (Wildman–Crippen MR) is 129 cm³/mol. The van der Waals surface area contributed by atoms with Crippen molar-refractivity contribution in [3.63, 3.8) is 0 Å². The van der Waals surface area contributed by atoms with Crippen LogP contribution in [-0.4, -0.2) is 24.6 Å². The van der Waals surface area contributed by atoms with Gasteiger partial charge in [0.1, 0.15) is 12.4 Å². The third kappa shape index (κ3) is 6.55. The number of aryl methyl sites for hydroxylation is 1. The molecule has 0 radical (unpaired) electrons. The number of carbonyl (C=O) groups excluding carboxylic acids is 2. The number of hydrazone groups is 1. The van der Waals surface area contributed by atoms with Crippen molar-refractivity contribution in [2.75, 3.05) is 12.4 Å². The molecule has 0 aliphatic carbocycles. The maximum absolute atomic E-state index is 13.0. The second-order valence-electron chi connectivity index (χ2n) is 7.34. The van der Waals surface area contributed by atoms with Gasteiger partial charge in [0.25, 0.3) is 0 Å². The lowest BCUT2D eigenvalue weighted by atomic mass is 10.1. The summed E-state index contributed by atoms with van der Waals surface area (Å²) in [6.45, 7) is 3.74. The topological polar surface area (TPSA) is 89.0 Å². The minimum absolute atomic E-state index is 0.237. The quantitative estimate of drug-likeness (QED) is 0.285. The Morgan fingerprint density at radius 2 is 1.74 bits per heavy atom. The first-order valence-corrected chi connectivity index (χ1v) is 10.6. The summed E-state index contributed by atoms with van der Waals surface area (Å²) in [6, 6.07) is 16.1. The number of hydrogen-bond donors (Lipinski definition) is 2. The van der Waals surface area contributed by atoms with E-state index in [1.54, 1.807) is 55.5 Å². The molecule has 0 unspecified atom stereocenters. The first-order valence-electron chi connectivity index (χ1n) is 10.2. The van der Waals surface area contributed by atoms with Crippen LogP contribution in [0.4, 0.5) is 10.1 Å². The Kier molecular flexibility index (Phi) is 8.21. The molecule has 0 aliphatic heterocycles. The predicted octanol–water partition coefficient (Wildman–Crippen LogP) is 4.85. The van der Waals surface area contributed by atoms with Crippen LogP contribution in [0.15, 0.2) is 65.8 Å². The molecule has 0 bridgehead atoms. The molecule has 3 rings (SSSR count). The van der Waals surface area contributed by atoms with E-state index in [2.05, 4.69) is 15.8 Å². The van der Waals surface area contributed by atoms with Gasteiger partial charge in [0, 0.05) is 16.3 Å². The van der Waals surface area contributed by atoms with E-state index in [9.17, 15) is 14.0 Å². The van der Waals surface area contributed by atoms with Gasteiger partial charge in [-0.2, -0.15) is 5.10 Å². The van der Waals surface area contributed by atoms with E-state index in [-0.39, 0.29) is 12.4 Å². The average Bonchev–Trinajstić information content (AvgIpc) is 2.84. The Morgan fingerprint density at radius 1 is 1.00 bits per heavy atom. The SMILES string of the molecule is COc1cc(C(C)=NNC(=O)C(=O)Nc2ccc(C)c(Cl)c2)ccc1OCc1ccc(F)cc1. The fourth-order valence-corrected chi connectivity index (χ4v) is 3.04. The molecule has 0 aliphatic rings. The average molecular weight is 484 g/mol. The molecule has 0 atom stereocenters. The fraction of sp³-hybridized carbons (Fsp3) is 0.160. The molecular weight excluding hydrogens is 461 g/mol. The molecule has 176 valence electrons. The maximum Gasteiger partial charge on any atom is 0.329 e. The lowest BCUT2D eigenvalue weighted by molar-refractivity contribution is -0.136. The van der Waals surface area contributed by atoms with Gasteiger partial charge in [-0.1, -0.05) is 29.8 Å². The smallest absolute Gasteiger partial charge is 0.329 e. The highest BCUT2D eigenvalue weighted by Gasteiger charge is 2.14. The summed E-state index contributed by atoms with van der Waals surface area (Å²) in [5, 5.41) is 6.94. The van der Waals surface area contributed by atoms with E-state index in [4.69, 9.17) is 21.1 Å². The molecule has 34 heavy (non-hydrogen) atoms. The van der Waals surface area contributed by atoms with Crippen molar-refractivity contribution >= 4 is 34.8 Å². The standard InChI is InChI=1S/C25H23ClFN3O4/c1-15-4-10-20(13-21(15)26)28-24(31)25(32)30-29-16(2)18-7-11-22(23(12-18)33-3)34-14-17-5-8-19(27)9-6-17/h4-13H,14H2,1-3H3,(H,28,31)(H,30,32). The second kappa shape index (κ2) is 11.3. The van der Waals surface area contributed by atoms with Gasteiger partial charge in [0.15, 0.2) is 11.5 Å². The van der Waals surface area contributed by atoms with E-state index in [1.807, 2.05) is 6.92 Å². The van der Waals surface area contributed by atoms with Crippen LogP contribution in [0.2, 0.25) is 5.02 Å². The summed E-state index contributed by atoms with van der Waals surface area (Å²) < 4.78 is 24.2. The van der Waals surface area contributed by atoms with Crippen LogP contribution in [0.5, 0.6) is 11.5 Å². The minimum atomic E-state index is -0.928. The van der Waals surface area contributed by atoms with E-state index < -0.39 is 11.8 Å². The van der Waals surface area contributed by atoms with Gasteiger partial charge in [0.2, 0.25) is 0 Å². The molecule has 3 aromatic carbocycles. The van der Waals surface area contributed by atoms with E-state index in [0.717, 1.165) is 11.1 Å². The lowest BCUT2D eigenvalue weighted by Gasteiger charge is -2.12. The van der Waals surface area contributed by atoms with Crippen LogP contribution in [0.25, 0.3) is 0 Å². The largest absolute Gasteiger partial charge is 0.493 e. The van der Waals surface area contributed by atoms with Gasteiger partial charge in [-0.3, -0.25) is 9.59 Å². The van der Waals surface area contributed by atoms with Crippen LogP contribution in [0.3, 0.4) is 0 Å². The normalized spacial score (nSPS) is 11.0. The molecule has 0 aromatic heterocycles. The van der Waals surface area contributed by atoms with Gasteiger partial charge in [-0.25, -0.2) is 9.82 Å². The first kappa shape index (κ1) is 24.7. The molecule has 9 heteroatoms. The number of anilines is 1. The van der Waals surface area contributed by atoms with Crippen molar-refractivity contribution in [2.45, 2.75) is 20.5 Å². The van der Waals surface area contributed by atoms with Gasteiger partial charge in [0.05, 0.1) is 12.8 Å². The molecule has 0 heterocycles. The highest BCUT2D eigenvalue weighted by atomic mass is 35.5. The number of nitrogens with one attached hydrogen (secondary N) is 2. The van der Waals surface area contributed by atoms with Crippen molar-refractivity contribution in [1.29, 1.82) is 0 Å². The molecule has 0 saturated carbocycles. The number of carbonyl (C=O) groups is 2. The Morgan fingerprint density at radius 3 is 2.41 bits per heavy atom. The number of rotatable bonds is 7. The first-order chi connectivity index (χ1) is 16.3. The zero-order valence-electron chi connectivity index (χ0n) is 18.8. The van der Waals surface area contributed by atoms with Crippen LogP contribution in [0.1, 0.15) is 23.6 Å². The van der Waals surface area contributed by atoms with Gasteiger partial charge >= 0.3 is 11.8 Å². The Hall–Kier alpha value is -3.91. The van der Waals surface area contributed by atoms with Crippen molar-refractivity contribution in [1.82, 2.24) is 5.43 Å². The van der Waals surface area contributed by atoms with Crippen LogP contribution >= 0.6 is 11.6 Å². The summed E-state index contributed by atoms with van der Waals surface area (Å²) in [7, 11) is 1.50.